The second kappa shape index (κ2) is 2.82. The Morgan fingerprint density at radius 2 is 1.92 bits per heavy atom. The molecule has 0 fully saturated rings. The van der Waals surface area contributed by atoms with Crippen LogP contribution in [0.15, 0.2) is 35.2 Å². The van der Waals surface area contributed by atoms with Gasteiger partial charge in [-0.25, -0.2) is 0 Å². The molecule has 2 unspecified atom stereocenters. The molecule has 2 aliphatic rings. The Morgan fingerprint density at radius 3 is 2.62 bits per heavy atom. The summed E-state index contributed by atoms with van der Waals surface area (Å²) >= 11 is 0. The van der Waals surface area contributed by atoms with Gasteiger partial charge in [-0.1, -0.05) is 17.7 Å². The van der Waals surface area contributed by atoms with Gasteiger partial charge in [-0.05, 0) is 25.5 Å². The van der Waals surface area contributed by atoms with E-state index < -0.39 is 7.26 Å². The lowest BCUT2D eigenvalue weighted by molar-refractivity contribution is 0.783. The van der Waals surface area contributed by atoms with Crippen LogP contribution in [0.2, 0.25) is 0 Å². The fourth-order valence-corrected chi connectivity index (χ4v) is 5.61. The molecule has 0 N–H and O–H groups in total. The summed E-state index contributed by atoms with van der Waals surface area (Å²) in [6.07, 6.45) is 7.15. The molecule has 13 heavy (non-hydrogen) atoms. The van der Waals surface area contributed by atoms with Gasteiger partial charge in [-0.15, -0.1) is 0 Å². The standard InChI is InChI=1S/C12H18P/c1-9-5-6-12-11(7-9)10(2)8-13(12,3)4/h5-8,11-12H,1-4H3/q+1. The zero-order valence-electron chi connectivity index (χ0n) is 8.91. The molecule has 0 aromatic rings. The third-order valence-electron chi connectivity index (χ3n) is 3.20. The van der Waals surface area contributed by atoms with Gasteiger partial charge in [0.15, 0.2) is 0 Å². The van der Waals surface area contributed by atoms with Crippen LogP contribution in [0.3, 0.4) is 0 Å². The molecule has 0 aromatic carbocycles. The van der Waals surface area contributed by atoms with Crippen LogP contribution in [0, 0.1) is 5.92 Å². The van der Waals surface area contributed by atoms with Crippen molar-refractivity contribution >= 4 is 7.26 Å². The Bertz CT molecular complexity index is 318. The molecule has 0 bridgehead atoms. The Kier molecular flexibility index (Phi) is 2.00. The molecule has 0 amide bonds. The number of rotatable bonds is 0. The highest BCUT2D eigenvalue weighted by molar-refractivity contribution is 7.78. The summed E-state index contributed by atoms with van der Waals surface area (Å²) in [5.41, 5.74) is 3.82. The van der Waals surface area contributed by atoms with E-state index in [0.29, 0.717) is 5.92 Å². The van der Waals surface area contributed by atoms with Crippen molar-refractivity contribution < 1.29 is 0 Å². The van der Waals surface area contributed by atoms with E-state index in [-0.39, 0.29) is 0 Å². The highest BCUT2D eigenvalue weighted by Crippen LogP contribution is 2.67. The first-order chi connectivity index (χ1) is 6.00. The monoisotopic (exact) mass is 193 g/mol. The van der Waals surface area contributed by atoms with Gasteiger partial charge in [0.1, 0.15) is 5.66 Å². The van der Waals surface area contributed by atoms with Crippen LogP contribution < -0.4 is 0 Å². The second-order valence-electron chi connectivity index (χ2n) is 4.79. The average Bonchev–Trinajstić information content (AvgIpc) is 2.22. The van der Waals surface area contributed by atoms with Crippen molar-refractivity contribution in [3.8, 4) is 0 Å². The molecule has 0 spiro atoms. The molecule has 1 heterocycles. The minimum Gasteiger partial charge on any atom is -0.0701 e. The smallest absolute Gasteiger partial charge is 0.0701 e. The lowest BCUT2D eigenvalue weighted by Gasteiger charge is -2.23. The molecule has 2 rings (SSSR count). The number of fused-ring (bicyclic) bond motifs is 1. The molecule has 0 saturated carbocycles. The molecular formula is C12H18P+. The molecule has 0 radical (unpaired) electrons. The lowest BCUT2D eigenvalue weighted by atomic mass is 9.91. The highest BCUT2D eigenvalue weighted by Gasteiger charge is 2.45. The van der Waals surface area contributed by atoms with E-state index in [0.717, 1.165) is 5.66 Å². The summed E-state index contributed by atoms with van der Waals surface area (Å²) < 4.78 is 0. The summed E-state index contributed by atoms with van der Waals surface area (Å²) in [5, 5.41) is 0. The van der Waals surface area contributed by atoms with Crippen molar-refractivity contribution in [1.82, 2.24) is 0 Å². The van der Waals surface area contributed by atoms with Crippen molar-refractivity contribution in [3.63, 3.8) is 0 Å². The zero-order chi connectivity index (χ0) is 9.64. The number of allylic oxidation sites excluding steroid dienone is 5. The lowest BCUT2D eigenvalue weighted by Crippen LogP contribution is -2.16. The van der Waals surface area contributed by atoms with E-state index in [9.17, 15) is 0 Å². The van der Waals surface area contributed by atoms with Crippen LogP contribution in [-0.4, -0.2) is 19.0 Å². The second-order valence-corrected chi connectivity index (χ2v) is 8.90. The molecule has 1 heteroatoms. The van der Waals surface area contributed by atoms with Crippen molar-refractivity contribution in [3.05, 3.63) is 35.2 Å². The highest BCUT2D eigenvalue weighted by atomic mass is 31.2. The Morgan fingerprint density at radius 1 is 1.23 bits per heavy atom. The Balaban J connectivity index is 2.39. The zero-order valence-corrected chi connectivity index (χ0v) is 9.81. The summed E-state index contributed by atoms with van der Waals surface area (Å²) in [6.45, 7) is 9.37. The molecule has 1 aliphatic heterocycles. The van der Waals surface area contributed by atoms with E-state index in [2.05, 4.69) is 51.2 Å². The van der Waals surface area contributed by atoms with Crippen LogP contribution >= 0.6 is 7.26 Å². The van der Waals surface area contributed by atoms with Gasteiger partial charge in [-0.3, -0.25) is 0 Å². The maximum Gasteiger partial charge on any atom is 0.102 e. The van der Waals surface area contributed by atoms with Crippen molar-refractivity contribution in [1.29, 1.82) is 0 Å². The largest absolute Gasteiger partial charge is 0.102 e. The predicted octanol–water partition coefficient (Wildman–Crippen LogP) is 3.68. The molecule has 0 nitrogen and oxygen atoms in total. The summed E-state index contributed by atoms with van der Waals surface area (Å²) in [6, 6.07) is 0. The molecule has 70 valence electrons. The minimum atomic E-state index is -0.801. The third-order valence-corrected chi connectivity index (χ3v) is 6.30. The van der Waals surface area contributed by atoms with Crippen molar-refractivity contribution in [2.45, 2.75) is 19.5 Å². The van der Waals surface area contributed by atoms with E-state index in [4.69, 9.17) is 0 Å². The Hall–Kier alpha value is -0.350. The molecule has 2 atom stereocenters. The van der Waals surface area contributed by atoms with E-state index >= 15 is 0 Å². The Labute approximate surface area is 81.8 Å². The third kappa shape index (κ3) is 1.42. The quantitative estimate of drug-likeness (QED) is 0.515. The minimum absolute atomic E-state index is 0.716. The molecule has 0 aromatic heterocycles. The van der Waals surface area contributed by atoms with Gasteiger partial charge in [0.25, 0.3) is 0 Å². The first kappa shape index (κ1) is 9.21. The van der Waals surface area contributed by atoms with Gasteiger partial charge in [0.2, 0.25) is 0 Å². The first-order valence-electron chi connectivity index (χ1n) is 4.90. The van der Waals surface area contributed by atoms with Crippen molar-refractivity contribution in [2.24, 2.45) is 5.92 Å². The van der Waals surface area contributed by atoms with Gasteiger partial charge in [0.05, 0.1) is 19.1 Å². The van der Waals surface area contributed by atoms with Gasteiger partial charge in [-0.2, -0.15) is 0 Å². The predicted molar refractivity (Wildman–Crippen MR) is 62.7 cm³/mol. The maximum absolute atomic E-state index is 2.54. The average molecular weight is 193 g/mol. The van der Waals surface area contributed by atoms with Crippen LogP contribution in [0.25, 0.3) is 0 Å². The van der Waals surface area contributed by atoms with E-state index in [1.54, 1.807) is 5.57 Å². The summed E-state index contributed by atoms with van der Waals surface area (Å²) in [7, 11) is -0.801. The van der Waals surface area contributed by atoms with Gasteiger partial charge >= 0.3 is 0 Å². The first-order valence-corrected chi connectivity index (χ1v) is 7.72. The van der Waals surface area contributed by atoms with Crippen LogP contribution in [0.5, 0.6) is 0 Å². The van der Waals surface area contributed by atoms with Gasteiger partial charge < -0.3 is 0 Å². The van der Waals surface area contributed by atoms with Crippen LogP contribution in [-0.2, 0) is 0 Å². The SMILES string of the molecule is CC1=CC2C(C)=C[P+](C)(C)C2C=C1. The fraction of sp³-hybridized carbons (Fsp3) is 0.500. The number of hydrogen-bond acceptors (Lipinski definition) is 0. The van der Waals surface area contributed by atoms with E-state index in [1.807, 2.05) is 0 Å². The van der Waals surface area contributed by atoms with Gasteiger partial charge in [0, 0.05) is 13.2 Å². The summed E-state index contributed by atoms with van der Waals surface area (Å²) in [5.74, 6) is 3.26. The van der Waals surface area contributed by atoms with Crippen LogP contribution in [0.4, 0.5) is 0 Å². The fourth-order valence-electron chi connectivity index (χ4n) is 2.54. The topological polar surface area (TPSA) is 0 Å². The maximum atomic E-state index is 2.54. The molecule has 1 aliphatic carbocycles. The molecule has 0 saturated heterocycles. The van der Waals surface area contributed by atoms with E-state index in [1.165, 1.54) is 5.57 Å². The van der Waals surface area contributed by atoms with Crippen LogP contribution in [0.1, 0.15) is 13.8 Å². The number of hydrogen-bond donors (Lipinski definition) is 0. The summed E-state index contributed by atoms with van der Waals surface area (Å²) in [4.78, 5) is 0. The normalized spacial score (nSPS) is 35.4. The molecular weight excluding hydrogens is 175 g/mol. The van der Waals surface area contributed by atoms with Crippen molar-refractivity contribution in [2.75, 3.05) is 13.3 Å².